The summed E-state index contributed by atoms with van der Waals surface area (Å²) in [7, 11) is 0. The number of imidazole rings is 1. The molecule has 3 aliphatic heterocycles. The number of piperidine rings is 1. The normalized spacial score (nSPS) is 25.6. The molecule has 5 nitrogen and oxygen atoms in total. The van der Waals surface area contributed by atoms with Gasteiger partial charge in [0.25, 0.3) is 0 Å². The van der Waals surface area contributed by atoms with Gasteiger partial charge in [-0.05, 0) is 43.6 Å². The second-order valence-electron chi connectivity index (χ2n) is 6.97. The quantitative estimate of drug-likeness (QED) is 0.738. The Hall–Kier alpha value is -1.66. The van der Waals surface area contributed by atoms with E-state index in [0.29, 0.717) is 17.9 Å². The van der Waals surface area contributed by atoms with E-state index in [2.05, 4.69) is 21.0 Å². The fourth-order valence-corrected chi connectivity index (χ4v) is 4.95. The summed E-state index contributed by atoms with van der Waals surface area (Å²) in [4.78, 5) is 18.9. The zero-order valence-corrected chi connectivity index (χ0v) is 14.7. The van der Waals surface area contributed by atoms with Crippen LogP contribution in [-0.4, -0.2) is 44.2 Å². The molecule has 0 radical (unpaired) electrons. The highest BCUT2D eigenvalue weighted by Gasteiger charge is 2.37. The minimum Gasteiger partial charge on any atom is -0.393 e. The van der Waals surface area contributed by atoms with Crippen LogP contribution in [0.4, 0.5) is 0 Å². The lowest BCUT2D eigenvalue weighted by Gasteiger charge is -2.36. The SMILES string of the molecule is CC(O)[C@@H]1CCN2C(=O)CCC2C1.c1cc2c(s1)Cn1cncc1-2. The Morgan fingerprint density at radius 2 is 2.29 bits per heavy atom. The van der Waals surface area contributed by atoms with Crippen LogP contribution in [0.15, 0.2) is 24.0 Å². The number of rotatable bonds is 1. The number of nitrogens with zero attached hydrogens (tertiary/aromatic N) is 3. The Morgan fingerprint density at radius 3 is 3.12 bits per heavy atom. The summed E-state index contributed by atoms with van der Waals surface area (Å²) in [5, 5.41) is 11.6. The molecule has 2 fully saturated rings. The molecule has 3 aliphatic rings. The lowest BCUT2D eigenvalue weighted by atomic mass is 9.87. The number of thiophene rings is 1. The van der Waals surface area contributed by atoms with E-state index < -0.39 is 0 Å². The second kappa shape index (κ2) is 6.33. The van der Waals surface area contributed by atoms with Gasteiger partial charge in [-0.15, -0.1) is 11.3 Å². The summed E-state index contributed by atoms with van der Waals surface area (Å²) in [5.74, 6) is 0.723. The van der Waals surface area contributed by atoms with Crippen molar-refractivity contribution in [2.45, 2.75) is 51.3 Å². The molecule has 2 saturated heterocycles. The average Bonchev–Trinajstić information content (AvgIpc) is 3.30. The predicted molar refractivity (Wildman–Crippen MR) is 93.8 cm³/mol. The zero-order valence-electron chi connectivity index (χ0n) is 13.9. The van der Waals surface area contributed by atoms with Gasteiger partial charge < -0.3 is 14.6 Å². The molecule has 0 aromatic carbocycles. The van der Waals surface area contributed by atoms with Crippen molar-refractivity contribution in [3.8, 4) is 11.3 Å². The third kappa shape index (κ3) is 2.78. The summed E-state index contributed by atoms with van der Waals surface area (Å²) in [6.07, 6.45) is 7.31. The summed E-state index contributed by atoms with van der Waals surface area (Å²) in [6, 6.07) is 2.60. The van der Waals surface area contributed by atoms with Gasteiger partial charge in [0.05, 0.1) is 30.9 Å². The first-order chi connectivity index (χ1) is 11.6. The Morgan fingerprint density at radius 1 is 1.42 bits per heavy atom. The van der Waals surface area contributed by atoms with Gasteiger partial charge in [-0.2, -0.15) is 0 Å². The number of aromatic nitrogens is 2. The molecule has 0 spiro atoms. The van der Waals surface area contributed by atoms with Crippen molar-refractivity contribution < 1.29 is 9.90 Å². The Kier molecular flexibility index (Phi) is 4.18. The third-order valence-electron chi connectivity index (χ3n) is 5.50. The highest BCUT2D eigenvalue weighted by molar-refractivity contribution is 7.10. The lowest BCUT2D eigenvalue weighted by molar-refractivity contribution is -0.130. The summed E-state index contributed by atoms with van der Waals surface area (Å²) < 4.78 is 2.18. The molecule has 5 heterocycles. The highest BCUT2D eigenvalue weighted by atomic mass is 32.1. The third-order valence-corrected chi connectivity index (χ3v) is 6.40. The molecule has 3 atom stereocenters. The van der Waals surface area contributed by atoms with E-state index in [4.69, 9.17) is 0 Å². The Balaban J connectivity index is 0.000000123. The van der Waals surface area contributed by atoms with Crippen LogP contribution in [0, 0.1) is 5.92 Å². The lowest BCUT2D eigenvalue weighted by Crippen LogP contribution is -2.42. The molecule has 0 aliphatic carbocycles. The van der Waals surface area contributed by atoms with Crippen molar-refractivity contribution in [2.24, 2.45) is 5.92 Å². The fraction of sp³-hybridized carbons (Fsp3) is 0.556. The number of fused-ring (bicyclic) bond motifs is 4. The van der Waals surface area contributed by atoms with E-state index in [0.717, 1.165) is 38.8 Å². The molecule has 1 amide bonds. The monoisotopic (exact) mass is 345 g/mol. The van der Waals surface area contributed by atoms with Gasteiger partial charge in [-0.1, -0.05) is 0 Å². The van der Waals surface area contributed by atoms with E-state index in [9.17, 15) is 9.90 Å². The summed E-state index contributed by atoms with van der Waals surface area (Å²) in [5.41, 5.74) is 2.63. The van der Waals surface area contributed by atoms with Crippen LogP contribution in [0.5, 0.6) is 0 Å². The smallest absolute Gasteiger partial charge is 0.222 e. The Labute approximate surface area is 145 Å². The van der Waals surface area contributed by atoms with Gasteiger partial charge in [0.2, 0.25) is 5.91 Å². The maximum atomic E-state index is 11.3. The molecule has 2 unspecified atom stereocenters. The largest absolute Gasteiger partial charge is 0.393 e. The molecule has 128 valence electrons. The van der Waals surface area contributed by atoms with Crippen molar-refractivity contribution in [3.05, 3.63) is 28.8 Å². The van der Waals surface area contributed by atoms with E-state index in [1.54, 1.807) is 0 Å². The number of aliphatic hydroxyl groups is 1. The first-order valence-electron chi connectivity index (χ1n) is 8.68. The standard InChI is InChI=1S/C10H17NO2.C8H6N2S/c1-7(12)8-4-5-11-9(6-8)2-3-10(11)13;1-2-11-8-4-10-5-9-3-7(10)6(1)8/h7-9,12H,2-6H2,1H3;1-3,5H,4H2/t7?,8-,9?;/m1./s1. The first-order valence-corrected chi connectivity index (χ1v) is 9.56. The van der Waals surface area contributed by atoms with Crippen LogP contribution in [0.2, 0.25) is 0 Å². The van der Waals surface area contributed by atoms with Crippen LogP contribution in [0.3, 0.4) is 0 Å². The van der Waals surface area contributed by atoms with Crippen molar-refractivity contribution in [2.75, 3.05) is 6.54 Å². The molecule has 0 bridgehead atoms. The number of carbonyl (C=O) groups excluding carboxylic acids is 1. The van der Waals surface area contributed by atoms with Crippen molar-refractivity contribution in [1.29, 1.82) is 0 Å². The van der Waals surface area contributed by atoms with E-state index >= 15 is 0 Å². The molecule has 2 aromatic rings. The number of carbonyl (C=O) groups is 1. The van der Waals surface area contributed by atoms with E-state index in [1.807, 2.05) is 35.7 Å². The predicted octanol–water partition coefficient (Wildman–Crippen LogP) is 2.74. The molecule has 24 heavy (non-hydrogen) atoms. The van der Waals surface area contributed by atoms with E-state index in [1.165, 1.54) is 16.1 Å². The molecular formula is C18H23N3O2S. The van der Waals surface area contributed by atoms with Crippen LogP contribution in [-0.2, 0) is 11.3 Å². The van der Waals surface area contributed by atoms with Crippen LogP contribution < -0.4 is 0 Å². The molecule has 5 rings (SSSR count). The first kappa shape index (κ1) is 15.8. The van der Waals surface area contributed by atoms with Gasteiger partial charge in [0.15, 0.2) is 0 Å². The van der Waals surface area contributed by atoms with Gasteiger partial charge >= 0.3 is 0 Å². The van der Waals surface area contributed by atoms with E-state index in [-0.39, 0.29) is 6.10 Å². The topological polar surface area (TPSA) is 58.4 Å². The number of amides is 1. The highest BCUT2D eigenvalue weighted by Crippen LogP contribution is 2.34. The fourth-order valence-electron chi connectivity index (χ4n) is 4.07. The second-order valence-corrected chi connectivity index (χ2v) is 7.97. The average molecular weight is 345 g/mol. The summed E-state index contributed by atoms with van der Waals surface area (Å²) in [6.45, 7) is 3.73. The molecule has 1 N–H and O–H groups in total. The van der Waals surface area contributed by atoms with Gasteiger partial charge in [-0.25, -0.2) is 4.98 Å². The number of hydrogen-bond acceptors (Lipinski definition) is 4. The molecular weight excluding hydrogens is 322 g/mol. The number of aliphatic hydroxyl groups excluding tert-OH is 1. The van der Waals surface area contributed by atoms with Crippen LogP contribution in [0.1, 0.15) is 37.5 Å². The molecule has 6 heteroatoms. The van der Waals surface area contributed by atoms with Crippen molar-refractivity contribution >= 4 is 17.2 Å². The number of hydrogen-bond donors (Lipinski definition) is 1. The van der Waals surface area contributed by atoms with Crippen molar-refractivity contribution in [1.82, 2.24) is 14.5 Å². The van der Waals surface area contributed by atoms with Gasteiger partial charge in [-0.3, -0.25) is 4.79 Å². The van der Waals surface area contributed by atoms with Gasteiger partial charge in [0.1, 0.15) is 0 Å². The zero-order chi connectivity index (χ0) is 16.7. The minimum atomic E-state index is -0.210. The minimum absolute atomic E-state index is 0.210. The molecule has 2 aromatic heterocycles. The maximum absolute atomic E-state index is 11.3. The van der Waals surface area contributed by atoms with Crippen LogP contribution >= 0.6 is 11.3 Å². The Bertz CT molecular complexity index is 698. The van der Waals surface area contributed by atoms with Crippen LogP contribution in [0.25, 0.3) is 11.3 Å². The summed E-state index contributed by atoms with van der Waals surface area (Å²) >= 11 is 1.82. The van der Waals surface area contributed by atoms with Crippen molar-refractivity contribution in [3.63, 3.8) is 0 Å². The molecule has 0 saturated carbocycles. The van der Waals surface area contributed by atoms with Gasteiger partial charge in [0, 0.05) is 29.4 Å². The maximum Gasteiger partial charge on any atom is 0.222 e.